The zero-order chi connectivity index (χ0) is 20.4. The number of anilines is 1. The summed E-state index contributed by atoms with van der Waals surface area (Å²) >= 11 is 6.22. The van der Waals surface area contributed by atoms with Crippen LogP contribution in [0.15, 0.2) is 23.8 Å². The topological polar surface area (TPSA) is 88.7 Å². The van der Waals surface area contributed by atoms with Crippen molar-refractivity contribution in [3.8, 4) is 0 Å². The highest BCUT2D eigenvalue weighted by molar-refractivity contribution is 6.33. The molecule has 1 amide bonds. The van der Waals surface area contributed by atoms with Gasteiger partial charge in [-0.1, -0.05) is 39.0 Å². The van der Waals surface area contributed by atoms with Gasteiger partial charge >= 0.3 is 0 Å². The maximum atomic E-state index is 13.2. The Kier molecular flexibility index (Phi) is 6.36. The summed E-state index contributed by atoms with van der Waals surface area (Å²) in [5, 5.41) is 0.228. The lowest BCUT2D eigenvalue weighted by molar-refractivity contribution is -0.125. The standard InChI is InChI=1S/C19H24ClFN4O2/c1-11(21)12-8-13(20)17(23-10-12)25-7-5-6-14(25)18(27)24-16(22)9-15(26)19(2,3)4/h8,10,14H,1,5-7,9H2,2-4H3,(H2,22,24,27). The van der Waals surface area contributed by atoms with Crippen molar-refractivity contribution in [3.05, 3.63) is 29.4 Å². The summed E-state index contributed by atoms with van der Waals surface area (Å²) in [5.74, 6) is -0.784. The molecule has 1 saturated heterocycles. The number of nitrogens with zero attached hydrogens (tertiary/aromatic N) is 3. The van der Waals surface area contributed by atoms with Crippen LogP contribution < -0.4 is 10.6 Å². The summed E-state index contributed by atoms with van der Waals surface area (Å²) in [7, 11) is 0. The van der Waals surface area contributed by atoms with E-state index in [4.69, 9.17) is 17.3 Å². The fourth-order valence-corrected chi connectivity index (χ4v) is 3.03. The normalized spacial score (nSPS) is 17.9. The van der Waals surface area contributed by atoms with Crippen molar-refractivity contribution in [1.29, 1.82) is 0 Å². The van der Waals surface area contributed by atoms with Gasteiger partial charge in [-0.2, -0.15) is 4.99 Å². The van der Waals surface area contributed by atoms with E-state index < -0.39 is 23.2 Å². The Morgan fingerprint density at radius 3 is 2.70 bits per heavy atom. The SMILES string of the molecule is C=C(F)c1cnc(N2CCCC2C(=O)N=C(N)CC(=O)C(C)(C)C)c(Cl)c1. The Morgan fingerprint density at radius 2 is 2.15 bits per heavy atom. The Balaban J connectivity index is 2.18. The van der Waals surface area contributed by atoms with E-state index in [-0.39, 0.29) is 28.6 Å². The van der Waals surface area contributed by atoms with Gasteiger partial charge < -0.3 is 10.6 Å². The second-order valence-electron chi connectivity index (χ2n) is 7.58. The monoisotopic (exact) mass is 394 g/mol. The minimum Gasteiger partial charge on any atom is -0.387 e. The summed E-state index contributed by atoms with van der Waals surface area (Å²) in [6.45, 7) is 9.14. The molecule has 0 aliphatic carbocycles. The van der Waals surface area contributed by atoms with Crippen molar-refractivity contribution < 1.29 is 14.0 Å². The maximum absolute atomic E-state index is 13.2. The van der Waals surface area contributed by atoms with Gasteiger partial charge in [-0.05, 0) is 18.9 Å². The van der Waals surface area contributed by atoms with Gasteiger partial charge in [0.1, 0.15) is 29.3 Å². The van der Waals surface area contributed by atoms with E-state index >= 15 is 0 Å². The molecule has 1 atom stereocenters. The molecule has 1 fully saturated rings. The van der Waals surface area contributed by atoms with Crippen molar-refractivity contribution in [2.45, 2.75) is 46.1 Å². The van der Waals surface area contributed by atoms with Crippen molar-refractivity contribution in [2.24, 2.45) is 16.1 Å². The fourth-order valence-electron chi connectivity index (χ4n) is 2.75. The number of amides is 1. The molecule has 1 aliphatic heterocycles. The van der Waals surface area contributed by atoms with Gasteiger partial charge in [0.15, 0.2) is 0 Å². The number of carbonyl (C=O) groups excluding carboxylic acids is 2. The van der Waals surface area contributed by atoms with Gasteiger partial charge in [0.05, 0.1) is 11.4 Å². The number of amidine groups is 1. The van der Waals surface area contributed by atoms with Crippen molar-refractivity contribution in [3.63, 3.8) is 0 Å². The van der Waals surface area contributed by atoms with Crippen LogP contribution in [0.1, 0.15) is 45.6 Å². The average molecular weight is 395 g/mol. The Morgan fingerprint density at radius 1 is 1.48 bits per heavy atom. The lowest BCUT2D eigenvalue weighted by Gasteiger charge is -2.24. The van der Waals surface area contributed by atoms with E-state index in [1.165, 1.54) is 12.3 Å². The van der Waals surface area contributed by atoms with Gasteiger partial charge in [-0.3, -0.25) is 9.59 Å². The Bertz CT molecular complexity index is 801. The van der Waals surface area contributed by atoms with Crippen molar-refractivity contribution in [1.82, 2.24) is 4.98 Å². The van der Waals surface area contributed by atoms with Crippen LogP contribution in [-0.4, -0.2) is 35.1 Å². The molecule has 1 aromatic rings. The molecule has 6 nitrogen and oxygen atoms in total. The molecule has 27 heavy (non-hydrogen) atoms. The Hall–Kier alpha value is -2.28. The highest BCUT2D eigenvalue weighted by Gasteiger charge is 2.33. The van der Waals surface area contributed by atoms with E-state index in [1.54, 1.807) is 25.7 Å². The van der Waals surface area contributed by atoms with Gasteiger partial charge in [-0.15, -0.1) is 0 Å². The fraction of sp³-hybridized carbons (Fsp3) is 0.474. The molecule has 0 radical (unpaired) electrons. The molecule has 1 unspecified atom stereocenters. The number of aromatic nitrogens is 1. The molecule has 0 spiro atoms. The van der Waals surface area contributed by atoms with Crippen LogP contribution in [0.4, 0.5) is 10.2 Å². The van der Waals surface area contributed by atoms with E-state index in [2.05, 4.69) is 16.6 Å². The van der Waals surface area contributed by atoms with Gasteiger partial charge in [0.25, 0.3) is 5.91 Å². The minimum atomic E-state index is -0.633. The number of carbonyl (C=O) groups is 2. The molecule has 0 saturated carbocycles. The molecule has 1 aliphatic rings. The number of hydrogen-bond donors (Lipinski definition) is 1. The minimum absolute atomic E-state index is 0.00472. The molecule has 0 aromatic carbocycles. The summed E-state index contributed by atoms with van der Waals surface area (Å²) < 4.78 is 13.2. The summed E-state index contributed by atoms with van der Waals surface area (Å²) in [4.78, 5) is 34.5. The first-order valence-electron chi connectivity index (χ1n) is 8.68. The third-order valence-corrected chi connectivity index (χ3v) is 4.66. The molecule has 0 bridgehead atoms. The van der Waals surface area contributed by atoms with Crippen LogP contribution in [0.3, 0.4) is 0 Å². The molecule has 2 N–H and O–H groups in total. The highest BCUT2D eigenvalue weighted by Crippen LogP contribution is 2.32. The van der Waals surface area contributed by atoms with E-state index in [1.807, 2.05) is 0 Å². The van der Waals surface area contributed by atoms with Gasteiger partial charge in [0.2, 0.25) is 0 Å². The molecule has 8 heteroatoms. The average Bonchev–Trinajstić information content (AvgIpc) is 3.02. The number of nitrogens with two attached hydrogens (primary N) is 1. The quantitative estimate of drug-likeness (QED) is 0.609. The van der Waals surface area contributed by atoms with E-state index in [9.17, 15) is 14.0 Å². The number of ketones is 1. The second kappa shape index (κ2) is 8.17. The van der Waals surface area contributed by atoms with E-state index in [0.717, 1.165) is 6.42 Å². The van der Waals surface area contributed by atoms with Gasteiger partial charge in [0, 0.05) is 23.7 Å². The molecule has 2 rings (SSSR count). The zero-order valence-electron chi connectivity index (χ0n) is 15.8. The van der Waals surface area contributed by atoms with Crippen LogP contribution >= 0.6 is 11.6 Å². The number of rotatable bonds is 5. The van der Waals surface area contributed by atoms with Crippen LogP contribution in [0.5, 0.6) is 0 Å². The molecular formula is C19H24ClFN4O2. The predicted octanol–water partition coefficient (Wildman–Crippen LogP) is 3.53. The Labute approximate surface area is 163 Å². The smallest absolute Gasteiger partial charge is 0.270 e. The maximum Gasteiger partial charge on any atom is 0.270 e. The number of halogens is 2. The van der Waals surface area contributed by atoms with Gasteiger partial charge in [-0.25, -0.2) is 9.37 Å². The van der Waals surface area contributed by atoms with Crippen LogP contribution in [-0.2, 0) is 9.59 Å². The first-order chi connectivity index (χ1) is 12.5. The number of aliphatic imine (C=N–C) groups is 1. The van der Waals surface area contributed by atoms with Crippen molar-refractivity contribution >= 4 is 40.8 Å². The first-order valence-corrected chi connectivity index (χ1v) is 9.05. The predicted molar refractivity (Wildman–Crippen MR) is 105 cm³/mol. The third-order valence-electron chi connectivity index (χ3n) is 4.38. The van der Waals surface area contributed by atoms with Crippen LogP contribution in [0.25, 0.3) is 5.83 Å². The summed E-state index contributed by atoms with van der Waals surface area (Å²) in [6.07, 6.45) is 2.57. The molecular weight excluding hydrogens is 371 g/mol. The number of Topliss-reactive ketones (excluding diaryl/α,β-unsaturated/α-hetero) is 1. The number of pyridine rings is 1. The third kappa shape index (κ3) is 5.13. The van der Waals surface area contributed by atoms with Crippen molar-refractivity contribution in [2.75, 3.05) is 11.4 Å². The lowest BCUT2D eigenvalue weighted by atomic mass is 9.89. The summed E-state index contributed by atoms with van der Waals surface area (Å²) in [6, 6.07) is 0.851. The largest absolute Gasteiger partial charge is 0.387 e. The molecule has 2 heterocycles. The van der Waals surface area contributed by atoms with E-state index in [0.29, 0.717) is 18.8 Å². The summed E-state index contributed by atoms with van der Waals surface area (Å²) in [5.41, 5.74) is 5.44. The first kappa shape index (κ1) is 21.0. The lowest BCUT2D eigenvalue weighted by Crippen LogP contribution is -2.37. The second-order valence-corrected chi connectivity index (χ2v) is 7.98. The number of hydrogen-bond acceptors (Lipinski definition) is 4. The van der Waals surface area contributed by atoms with Crippen LogP contribution in [0.2, 0.25) is 5.02 Å². The zero-order valence-corrected chi connectivity index (χ0v) is 16.5. The molecule has 146 valence electrons. The van der Waals surface area contributed by atoms with Crippen LogP contribution in [0, 0.1) is 5.41 Å². The molecule has 1 aromatic heterocycles. The highest BCUT2D eigenvalue weighted by atomic mass is 35.5.